The Bertz CT molecular complexity index is 1600. The van der Waals surface area contributed by atoms with Gasteiger partial charge < -0.3 is 9.88 Å². The molecule has 0 spiro atoms. The summed E-state index contributed by atoms with van der Waals surface area (Å²) in [5.74, 6) is 1.33. The molecule has 8 heteroatoms. The number of carbonyl (C=O) groups is 1. The van der Waals surface area contributed by atoms with Crippen LogP contribution < -0.4 is 4.31 Å². The first kappa shape index (κ1) is 26.3. The van der Waals surface area contributed by atoms with E-state index in [-0.39, 0.29) is 5.91 Å². The number of amides is 1. The maximum atomic E-state index is 13.6. The van der Waals surface area contributed by atoms with Crippen LogP contribution >= 0.6 is 11.6 Å². The van der Waals surface area contributed by atoms with Crippen LogP contribution in [-0.2, 0) is 17.5 Å². The van der Waals surface area contributed by atoms with Crippen molar-refractivity contribution in [3.63, 3.8) is 0 Å². The van der Waals surface area contributed by atoms with Crippen LogP contribution in [0.25, 0.3) is 11.0 Å². The molecule has 6 rings (SSSR count). The van der Waals surface area contributed by atoms with Gasteiger partial charge in [0.25, 0.3) is 5.91 Å². The standard InChI is InChI=1S/C32H29ClN4O2S/c33-26-14-10-23(11-15-26)22-37(40(39)28-6-2-1-3-7-28)27-16-12-25(13-17-27)32(38)36-20-18-24(19-21-36)31-34-29-8-4-5-9-30(29)35-31/h1-17,24H,18-22H2,(H,34,35). The summed E-state index contributed by atoms with van der Waals surface area (Å²) in [5.41, 5.74) is 4.42. The summed E-state index contributed by atoms with van der Waals surface area (Å²) in [6.07, 6.45) is 1.74. The number of imidazole rings is 1. The van der Waals surface area contributed by atoms with Gasteiger partial charge >= 0.3 is 0 Å². The highest BCUT2D eigenvalue weighted by Crippen LogP contribution is 2.29. The molecule has 1 N–H and O–H groups in total. The van der Waals surface area contributed by atoms with Crippen molar-refractivity contribution in [3.05, 3.63) is 125 Å². The van der Waals surface area contributed by atoms with E-state index >= 15 is 0 Å². The number of likely N-dealkylation sites (tertiary alicyclic amines) is 1. The number of H-pyrrole nitrogens is 1. The van der Waals surface area contributed by atoms with Crippen molar-refractivity contribution in [2.24, 2.45) is 0 Å². The average molecular weight is 569 g/mol. The molecule has 0 saturated carbocycles. The van der Waals surface area contributed by atoms with Gasteiger partial charge in [-0.05, 0) is 79.1 Å². The topological polar surface area (TPSA) is 69.3 Å². The molecule has 2 heterocycles. The Balaban J connectivity index is 1.16. The van der Waals surface area contributed by atoms with Crippen LogP contribution in [0.3, 0.4) is 0 Å². The number of para-hydroxylation sites is 2. The van der Waals surface area contributed by atoms with Gasteiger partial charge in [0.1, 0.15) is 5.82 Å². The molecule has 202 valence electrons. The van der Waals surface area contributed by atoms with Gasteiger partial charge in [-0.3, -0.25) is 9.10 Å². The Labute approximate surface area is 241 Å². The monoisotopic (exact) mass is 568 g/mol. The molecular weight excluding hydrogens is 540 g/mol. The van der Waals surface area contributed by atoms with Crippen LogP contribution in [0.5, 0.6) is 0 Å². The van der Waals surface area contributed by atoms with Crippen molar-refractivity contribution in [3.8, 4) is 0 Å². The number of fused-ring (bicyclic) bond motifs is 1. The van der Waals surface area contributed by atoms with Crippen LogP contribution in [0.15, 0.2) is 108 Å². The molecule has 1 unspecified atom stereocenters. The van der Waals surface area contributed by atoms with E-state index in [4.69, 9.17) is 16.6 Å². The number of aromatic nitrogens is 2. The number of piperidine rings is 1. The van der Waals surface area contributed by atoms with Crippen molar-refractivity contribution >= 4 is 45.2 Å². The zero-order valence-corrected chi connectivity index (χ0v) is 23.4. The lowest BCUT2D eigenvalue weighted by Gasteiger charge is -2.31. The second-order valence-electron chi connectivity index (χ2n) is 9.98. The lowest BCUT2D eigenvalue weighted by Crippen LogP contribution is -2.38. The summed E-state index contributed by atoms with van der Waals surface area (Å²) in [5, 5.41) is 0.656. The third kappa shape index (κ3) is 5.67. The SMILES string of the molecule is O=C(c1ccc(N(Cc2ccc(Cl)cc2)S(=O)c2ccccc2)cc1)N1CCC(c2nc3ccccc3[nH]2)CC1. The predicted octanol–water partition coefficient (Wildman–Crippen LogP) is 6.97. The largest absolute Gasteiger partial charge is 0.342 e. The van der Waals surface area contributed by atoms with Crippen LogP contribution in [0.2, 0.25) is 5.02 Å². The van der Waals surface area contributed by atoms with E-state index in [1.807, 2.05) is 112 Å². The first-order chi connectivity index (χ1) is 19.5. The van der Waals surface area contributed by atoms with Gasteiger partial charge in [-0.15, -0.1) is 0 Å². The van der Waals surface area contributed by atoms with Gasteiger partial charge in [0, 0.05) is 29.6 Å². The highest BCUT2D eigenvalue weighted by Gasteiger charge is 2.27. The molecule has 1 fully saturated rings. The molecule has 0 aliphatic carbocycles. The van der Waals surface area contributed by atoms with E-state index in [0.29, 0.717) is 41.0 Å². The third-order valence-electron chi connectivity index (χ3n) is 7.36. The Kier molecular flexibility index (Phi) is 7.66. The van der Waals surface area contributed by atoms with Gasteiger partial charge in [0.05, 0.1) is 28.2 Å². The average Bonchev–Trinajstić information content (AvgIpc) is 3.45. The minimum absolute atomic E-state index is 0.0167. The van der Waals surface area contributed by atoms with Gasteiger partial charge in [0.2, 0.25) is 0 Å². The number of carbonyl (C=O) groups excluding carboxylic acids is 1. The number of nitrogens with one attached hydrogen (secondary N) is 1. The third-order valence-corrected chi connectivity index (χ3v) is 9.03. The maximum absolute atomic E-state index is 13.6. The second kappa shape index (κ2) is 11.7. The molecule has 40 heavy (non-hydrogen) atoms. The summed E-state index contributed by atoms with van der Waals surface area (Å²) in [4.78, 5) is 24.2. The molecule has 0 radical (unpaired) electrons. The lowest BCUT2D eigenvalue weighted by molar-refractivity contribution is 0.0711. The Morgan fingerprint density at radius 3 is 2.27 bits per heavy atom. The van der Waals surface area contributed by atoms with Crippen molar-refractivity contribution < 1.29 is 9.00 Å². The van der Waals surface area contributed by atoms with Crippen molar-refractivity contribution in [2.45, 2.75) is 30.2 Å². The summed E-state index contributed by atoms with van der Waals surface area (Å²) in [6.45, 7) is 1.80. The minimum Gasteiger partial charge on any atom is -0.342 e. The fourth-order valence-corrected chi connectivity index (χ4v) is 6.49. The molecular formula is C32H29ClN4O2S. The van der Waals surface area contributed by atoms with E-state index in [0.717, 1.165) is 41.0 Å². The summed E-state index contributed by atoms with van der Waals surface area (Å²) >= 11 is 6.08. The first-order valence-electron chi connectivity index (χ1n) is 13.4. The van der Waals surface area contributed by atoms with E-state index in [1.165, 1.54) is 0 Å². The maximum Gasteiger partial charge on any atom is 0.253 e. The molecule has 6 nitrogen and oxygen atoms in total. The number of halogens is 1. The molecule has 1 saturated heterocycles. The molecule has 1 aliphatic rings. The normalized spacial score (nSPS) is 14.8. The van der Waals surface area contributed by atoms with E-state index in [9.17, 15) is 9.00 Å². The van der Waals surface area contributed by atoms with Crippen molar-refractivity contribution in [1.82, 2.24) is 14.9 Å². The summed E-state index contributed by atoms with van der Waals surface area (Å²) < 4.78 is 15.5. The van der Waals surface area contributed by atoms with Gasteiger partial charge in [-0.2, -0.15) is 0 Å². The van der Waals surface area contributed by atoms with Crippen LogP contribution in [0.4, 0.5) is 5.69 Å². The van der Waals surface area contributed by atoms with Crippen LogP contribution in [0.1, 0.15) is 40.5 Å². The Morgan fingerprint density at radius 2 is 1.57 bits per heavy atom. The second-order valence-corrected chi connectivity index (χ2v) is 11.8. The first-order valence-corrected chi connectivity index (χ1v) is 14.9. The fraction of sp³-hybridized carbons (Fsp3) is 0.188. The molecule has 1 aliphatic heterocycles. The Morgan fingerprint density at radius 1 is 0.900 bits per heavy atom. The highest BCUT2D eigenvalue weighted by atomic mass is 35.5. The smallest absolute Gasteiger partial charge is 0.253 e. The number of hydrogen-bond acceptors (Lipinski definition) is 3. The van der Waals surface area contributed by atoms with Crippen molar-refractivity contribution in [1.29, 1.82) is 0 Å². The summed E-state index contributed by atoms with van der Waals surface area (Å²) in [6, 6.07) is 32.4. The van der Waals surface area contributed by atoms with Gasteiger partial charge in [-0.1, -0.05) is 54.1 Å². The quantitative estimate of drug-likeness (QED) is 0.231. The fourth-order valence-electron chi connectivity index (χ4n) is 5.14. The van der Waals surface area contributed by atoms with E-state index in [1.54, 1.807) is 0 Å². The van der Waals surface area contributed by atoms with Crippen LogP contribution in [0, 0.1) is 0 Å². The number of rotatable bonds is 7. The number of nitrogens with zero attached hydrogens (tertiary/aromatic N) is 3. The predicted molar refractivity (Wildman–Crippen MR) is 161 cm³/mol. The molecule has 5 aromatic rings. The summed E-state index contributed by atoms with van der Waals surface area (Å²) in [7, 11) is -1.43. The molecule has 0 bridgehead atoms. The molecule has 4 aromatic carbocycles. The Hall–Kier alpha value is -3.94. The van der Waals surface area contributed by atoms with Crippen molar-refractivity contribution in [2.75, 3.05) is 17.4 Å². The zero-order valence-electron chi connectivity index (χ0n) is 21.9. The van der Waals surface area contributed by atoms with E-state index < -0.39 is 11.0 Å². The van der Waals surface area contributed by atoms with Crippen LogP contribution in [-0.4, -0.2) is 38.1 Å². The van der Waals surface area contributed by atoms with Gasteiger partial charge in [0.15, 0.2) is 11.0 Å². The number of hydrogen-bond donors (Lipinski definition) is 1. The minimum atomic E-state index is -1.43. The lowest BCUT2D eigenvalue weighted by atomic mass is 9.95. The van der Waals surface area contributed by atoms with Gasteiger partial charge in [-0.25, -0.2) is 9.19 Å². The number of benzene rings is 4. The molecule has 1 aromatic heterocycles. The number of anilines is 1. The molecule has 1 atom stereocenters. The number of aromatic amines is 1. The van der Waals surface area contributed by atoms with E-state index in [2.05, 4.69) is 4.98 Å². The highest BCUT2D eigenvalue weighted by molar-refractivity contribution is 7.86. The zero-order chi connectivity index (χ0) is 27.5. The molecule has 1 amide bonds.